The zero-order valence-corrected chi connectivity index (χ0v) is 10.7. The summed E-state index contributed by atoms with van der Waals surface area (Å²) in [5.41, 5.74) is 0.880. The van der Waals surface area contributed by atoms with Gasteiger partial charge in [-0.25, -0.2) is 4.98 Å². The van der Waals surface area contributed by atoms with Crippen LogP contribution in [-0.2, 0) is 4.79 Å². The quantitative estimate of drug-likeness (QED) is 0.624. The number of aromatic nitrogens is 1. The van der Waals surface area contributed by atoms with Crippen LogP contribution in [0, 0.1) is 18.3 Å². The van der Waals surface area contributed by atoms with Crippen LogP contribution in [0.15, 0.2) is 30.0 Å². The first-order valence-corrected chi connectivity index (χ1v) is 5.64. The van der Waals surface area contributed by atoms with Crippen LogP contribution in [0.1, 0.15) is 19.5 Å². The summed E-state index contributed by atoms with van der Waals surface area (Å²) in [5, 5.41) is 14.4. The predicted octanol–water partition coefficient (Wildman–Crippen LogP) is 1.73. The number of amides is 1. The van der Waals surface area contributed by atoms with E-state index in [2.05, 4.69) is 15.6 Å². The molecule has 0 radical (unpaired) electrons. The van der Waals surface area contributed by atoms with Gasteiger partial charge in [0, 0.05) is 17.9 Å². The van der Waals surface area contributed by atoms with Crippen molar-refractivity contribution in [2.24, 2.45) is 0 Å². The van der Waals surface area contributed by atoms with Gasteiger partial charge in [-0.3, -0.25) is 4.79 Å². The van der Waals surface area contributed by atoms with Crippen molar-refractivity contribution in [1.29, 1.82) is 5.26 Å². The summed E-state index contributed by atoms with van der Waals surface area (Å²) < 4.78 is 0. The highest BCUT2D eigenvalue weighted by Gasteiger charge is 2.09. The Kier molecular flexibility index (Phi) is 4.88. The van der Waals surface area contributed by atoms with Crippen LogP contribution in [0.2, 0.25) is 0 Å². The maximum absolute atomic E-state index is 11.6. The van der Waals surface area contributed by atoms with E-state index < -0.39 is 5.91 Å². The van der Waals surface area contributed by atoms with Gasteiger partial charge in [0.05, 0.1) is 0 Å². The lowest BCUT2D eigenvalue weighted by Crippen LogP contribution is -2.31. The van der Waals surface area contributed by atoms with Crippen molar-refractivity contribution in [2.75, 3.05) is 5.32 Å². The van der Waals surface area contributed by atoms with Gasteiger partial charge in [-0.1, -0.05) is 6.07 Å². The molecule has 0 spiro atoms. The lowest BCUT2D eigenvalue weighted by Gasteiger charge is -2.07. The number of aryl methyl sites for hydroxylation is 1. The Morgan fingerprint density at radius 1 is 1.50 bits per heavy atom. The normalized spacial score (nSPS) is 10.9. The molecule has 18 heavy (non-hydrogen) atoms. The molecule has 0 fully saturated rings. The van der Waals surface area contributed by atoms with Crippen molar-refractivity contribution >= 4 is 11.7 Å². The second kappa shape index (κ2) is 6.40. The predicted molar refractivity (Wildman–Crippen MR) is 69.6 cm³/mol. The van der Waals surface area contributed by atoms with E-state index in [9.17, 15) is 4.79 Å². The molecule has 0 aliphatic rings. The molecule has 0 unspecified atom stereocenters. The molecule has 1 heterocycles. The van der Waals surface area contributed by atoms with Crippen LogP contribution in [-0.4, -0.2) is 16.9 Å². The number of nitriles is 1. The van der Waals surface area contributed by atoms with Crippen molar-refractivity contribution in [3.8, 4) is 6.07 Å². The van der Waals surface area contributed by atoms with Gasteiger partial charge in [0.25, 0.3) is 5.91 Å². The Balaban J connectivity index is 2.75. The van der Waals surface area contributed by atoms with Gasteiger partial charge in [-0.15, -0.1) is 0 Å². The molecular weight excluding hydrogens is 228 g/mol. The van der Waals surface area contributed by atoms with E-state index in [1.807, 2.05) is 39.0 Å². The van der Waals surface area contributed by atoms with Gasteiger partial charge < -0.3 is 10.6 Å². The number of rotatable bonds is 4. The lowest BCUT2D eigenvalue weighted by atomic mass is 10.2. The minimum atomic E-state index is -0.396. The van der Waals surface area contributed by atoms with Gasteiger partial charge in [-0.2, -0.15) is 5.26 Å². The fourth-order valence-corrected chi connectivity index (χ4v) is 1.26. The van der Waals surface area contributed by atoms with Gasteiger partial charge >= 0.3 is 0 Å². The standard InChI is InChI=1S/C13H16N4O/c1-9(2)16-13(18)11(7-14)8-15-12-6-4-5-10(3)17-12/h4-6,8-9H,1-3H3,(H,15,17)(H,16,18)/b11-8-. The van der Waals surface area contributed by atoms with Gasteiger partial charge in [0.2, 0.25) is 0 Å². The summed E-state index contributed by atoms with van der Waals surface area (Å²) in [6, 6.07) is 7.32. The third kappa shape index (κ3) is 4.26. The van der Waals surface area contributed by atoms with E-state index in [4.69, 9.17) is 5.26 Å². The Morgan fingerprint density at radius 3 is 2.78 bits per heavy atom. The number of nitrogens with one attached hydrogen (secondary N) is 2. The summed E-state index contributed by atoms with van der Waals surface area (Å²) in [6.45, 7) is 5.54. The minimum absolute atomic E-state index is 0.00801. The number of nitrogens with zero attached hydrogens (tertiary/aromatic N) is 2. The number of hydrogen-bond donors (Lipinski definition) is 2. The SMILES string of the molecule is Cc1cccc(N/C=C(/C#N)C(=O)NC(C)C)n1. The molecule has 0 aliphatic heterocycles. The van der Waals surface area contributed by atoms with Crippen LogP contribution >= 0.6 is 0 Å². The minimum Gasteiger partial charge on any atom is -0.349 e. The van der Waals surface area contributed by atoms with Crippen LogP contribution < -0.4 is 10.6 Å². The van der Waals surface area contributed by atoms with Crippen LogP contribution in [0.3, 0.4) is 0 Å². The highest BCUT2D eigenvalue weighted by Crippen LogP contribution is 2.04. The van der Waals surface area contributed by atoms with E-state index in [1.54, 1.807) is 6.07 Å². The Morgan fingerprint density at radius 2 is 2.22 bits per heavy atom. The molecule has 1 amide bonds. The molecule has 0 bridgehead atoms. The van der Waals surface area contributed by atoms with Crippen molar-refractivity contribution in [1.82, 2.24) is 10.3 Å². The number of carbonyl (C=O) groups is 1. The second-order valence-corrected chi connectivity index (χ2v) is 4.11. The summed E-state index contributed by atoms with van der Waals surface area (Å²) in [4.78, 5) is 15.8. The molecule has 0 aliphatic carbocycles. The smallest absolute Gasteiger partial charge is 0.263 e. The monoisotopic (exact) mass is 244 g/mol. The topological polar surface area (TPSA) is 77.8 Å². The molecule has 1 aromatic rings. The first kappa shape index (κ1) is 13.7. The van der Waals surface area contributed by atoms with E-state index in [-0.39, 0.29) is 11.6 Å². The third-order valence-electron chi connectivity index (χ3n) is 2.04. The zero-order chi connectivity index (χ0) is 13.5. The van der Waals surface area contributed by atoms with Crippen LogP contribution in [0.4, 0.5) is 5.82 Å². The third-order valence-corrected chi connectivity index (χ3v) is 2.04. The summed E-state index contributed by atoms with van der Waals surface area (Å²) >= 11 is 0. The lowest BCUT2D eigenvalue weighted by molar-refractivity contribution is -0.117. The second-order valence-electron chi connectivity index (χ2n) is 4.11. The largest absolute Gasteiger partial charge is 0.349 e. The van der Waals surface area contributed by atoms with Crippen molar-refractivity contribution < 1.29 is 4.79 Å². The van der Waals surface area contributed by atoms with E-state index in [0.29, 0.717) is 5.82 Å². The maximum atomic E-state index is 11.6. The van der Waals surface area contributed by atoms with Crippen LogP contribution in [0.25, 0.3) is 0 Å². The first-order valence-electron chi connectivity index (χ1n) is 5.64. The Hall–Kier alpha value is -2.35. The number of hydrogen-bond acceptors (Lipinski definition) is 4. The van der Waals surface area contributed by atoms with Crippen molar-refractivity contribution in [2.45, 2.75) is 26.8 Å². The fourth-order valence-electron chi connectivity index (χ4n) is 1.26. The molecule has 0 atom stereocenters. The highest BCUT2D eigenvalue weighted by atomic mass is 16.1. The molecule has 0 saturated heterocycles. The summed E-state index contributed by atoms with van der Waals surface area (Å²) in [7, 11) is 0. The molecule has 0 aromatic carbocycles. The van der Waals surface area contributed by atoms with Gasteiger partial charge in [-0.05, 0) is 32.9 Å². The Bertz CT molecular complexity index is 500. The van der Waals surface area contributed by atoms with Gasteiger partial charge in [0.15, 0.2) is 0 Å². The summed E-state index contributed by atoms with van der Waals surface area (Å²) in [6.07, 6.45) is 1.36. The molecule has 2 N–H and O–H groups in total. The molecule has 94 valence electrons. The molecule has 1 rings (SSSR count). The average Bonchev–Trinajstić information content (AvgIpc) is 2.29. The number of anilines is 1. The van der Waals surface area contributed by atoms with Crippen molar-refractivity contribution in [3.05, 3.63) is 35.7 Å². The number of carbonyl (C=O) groups excluding carboxylic acids is 1. The maximum Gasteiger partial charge on any atom is 0.263 e. The van der Waals surface area contributed by atoms with Gasteiger partial charge in [0.1, 0.15) is 17.5 Å². The molecule has 1 aromatic heterocycles. The molecular formula is C13H16N4O. The fraction of sp³-hybridized carbons (Fsp3) is 0.308. The molecule has 5 heteroatoms. The number of pyridine rings is 1. The average molecular weight is 244 g/mol. The van der Waals surface area contributed by atoms with Crippen LogP contribution in [0.5, 0.6) is 0 Å². The first-order chi connectivity index (χ1) is 8.52. The highest BCUT2D eigenvalue weighted by molar-refractivity contribution is 5.97. The van der Waals surface area contributed by atoms with E-state index in [0.717, 1.165) is 5.69 Å². The summed E-state index contributed by atoms with van der Waals surface area (Å²) in [5.74, 6) is 0.202. The zero-order valence-electron chi connectivity index (χ0n) is 10.7. The molecule has 5 nitrogen and oxygen atoms in total. The van der Waals surface area contributed by atoms with E-state index in [1.165, 1.54) is 6.20 Å². The van der Waals surface area contributed by atoms with Crippen molar-refractivity contribution in [3.63, 3.8) is 0 Å². The van der Waals surface area contributed by atoms with E-state index >= 15 is 0 Å². The molecule has 0 saturated carbocycles. The Labute approximate surface area is 107 Å².